The second-order valence-corrected chi connectivity index (χ2v) is 8.25. The third-order valence-electron chi connectivity index (χ3n) is 5.53. The summed E-state index contributed by atoms with van der Waals surface area (Å²) in [7, 11) is 1.64. The number of piperazine rings is 1. The summed E-state index contributed by atoms with van der Waals surface area (Å²) in [4.78, 5) is 29.2. The number of nitrogens with one attached hydrogen (secondary N) is 1. The van der Waals surface area contributed by atoms with Crippen LogP contribution in [0.1, 0.15) is 42.2 Å². The lowest BCUT2D eigenvalue weighted by Gasteiger charge is -2.34. The number of aromatic nitrogens is 2. The Labute approximate surface area is 188 Å². The summed E-state index contributed by atoms with van der Waals surface area (Å²) in [5.41, 5.74) is 2.09. The number of benzene rings is 1. The third-order valence-corrected chi connectivity index (χ3v) is 5.53. The van der Waals surface area contributed by atoms with Crippen LogP contribution in [0, 0.1) is 5.82 Å². The van der Waals surface area contributed by atoms with Gasteiger partial charge in [0.2, 0.25) is 5.91 Å². The molecule has 9 heteroatoms. The molecule has 2 aromatic rings. The molecule has 1 fully saturated rings. The predicted octanol–water partition coefficient (Wildman–Crippen LogP) is 2.05. The largest absolute Gasteiger partial charge is 0.385 e. The van der Waals surface area contributed by atoms with Crippen LogP contribution in [-0.2, 0) is 9.53 Å². The van der Waals surface area contributed by atoms with Crippen LogP contribution in [0.2, 0.25) is 0 Å². The van der Waals surface area contributed by atoms with Gasteiger partial charge in [-0.3, -0.25) is 14.5 Å². The molecular formula is C23H32FN5O3. The molecule has 1 aliphatic rings. The molecule has 1 aromatic heterocycles. The van der Waals surface area contributed by atoms with Crippen LogP contribution in [0.15, 0.2) is 30.5 Å². The molecule has 1 aromatic carbocycles. The quantitative estimate of drug-likeness (QED) is 0.598. The first kappa shape index (κ1) is 23.9. The van der Waals surface area contributed by atoms with Crippen LogP contribution in [0.4, 0.5) is 4.39 Å². The summed E-state index contributed by atoms with van der Waals surface area (Å²) >= 11 is 0. The first-order valence-electron chi connectivity index (χ1n) is 11.0. The molecule has 0 spiro atoms. The molecule has 1 N–H and O–H groups in total. The van der Waals surface area contributed by atoms with Crippen molar-refractivity contribution in [2.24, 2.45) is 0 Å². The molecule has 2 heterocycles. The summed E-state index contributed by atoms with van der Waals surface area (Å²) < 4.78 is 20.0. The number of carbonyl (C=O) groups is 2. The van der Waals surface area contributed by atoms with Gasteiger partial charge in [-0.2, -0.15) is 5.10 Å². The normalized spacial score (nSPS) is 14.7. The Hall–Kier alpha value is -2.78. The first-order chi connectivity index (χ1) is 15.4. The van der Waals surface area contributed by atoms with Crippen molar-refractivity contribution in [3.05, 3.63) is 47.5 Å². The maximum atomic E-state index is 13.3. The molecule has 32 heavy (non-hydrogen) atoms. The van der Waals surface area contributed by atoms with Crippen molar-refractivity contribution in [1.82, 2.24) is 24.9 Å². The molecular weight excluding hydrogens is 413 g/mol. The molecule has 1 saturated heterocycles. The number of hydrogen-bond acceptors (Lipinski definition) is 5. The van der Waals surface area contributed by atoms with E-state index < -0.39 is 0 Å². The molecule has 174 valence electrons. The van der Waals surface area contributed by atoms with Crippen LogP contribution in [0.5, 0.6) is 0 Å². The van der Waals surface area contributed by atoms with E-state index >= 15 is 0 Å². The van der Waals surface area contributed by atoms with E-state index in [1.807, 2.05) is 18.7 Å². The highest BCUT2D eigenvalue weighted by Gasteiger charge is 2.28. The first-order valence-corrected chi connectivity index (χ1v) is 11.0. The van der Waals surface area contributed by atoms with Gasteiger partial charge in [-0.15, -0.1) is 0 Å². The number of halogens is 1. The molecule has 8 nitrogen and oxygen atoms in total. The highest BCUT2D eigenvalue weighted by Crippen LogP contribution is 2.25. The monoisotopic (exact) mass is 445 g/mol. The van der Waals surface area contributed by atoms with Gasteiger partial charge in [0.15, 0.2) is 0 Å². The Morgan fingerprint density at radius 3 is 2.47 bits per heavy atom. The standard InChI is InChI=1S/C23H32FN5O3/c1-17(2)22-20(15-26-29(22)19-7-5-18(24)6-8-19)23(31)28-12-10-27(11-13-28)16-21(30)25-9-4-14-32-3/h5-8,15,17H,4,9-14,16H2,1-3H3,(H,25,30). The Bertz CT molecular complexity index is 905. The minimum Gasteiger partial charge on any atom is -0.385 e. The van der Waals surface area contributed by atoms with Gasteiger partial charge < -0.3 is 15.0 Å². The van der Waals surface area contributed by atoms with Gasteiger partial charge in [0.25, 0.3) is 5.91 Å². The summed E-state index contributed by atoms with van der Waals surface area (Å²) in [6.07, 6.45) is 2.38. The third kappa shape index (κ3) is 5.92. The van der Waals surface area contributed by atoms with Crippen LogP contribution < -0.4 is 5.32 Å². The van der Waals surface area contributed by atoms with Crippen molar-refractivity contribution in [3.8, 4) is 5.69 Å². The fourth-order valence-electron chi connectivity index (χ4n) is 3.85. The number of nitrogens with zero attached hydrogens (tertiary/aromatic N) is 4. The molecule has 2 amide bonds. The second kappa shape index (κ2) is 11.2. The highest BCUT2D eigenvalue weighted by molar-refractivity contribution is 5.95. The van der Waals surface area contributed by atoms with Crippen LogP contribution >= 0.6 is 0 Å². The molecule has 3 rings (SSSR count). The Kier molecular flexibility index (Phi) is 8.35. The number of amides is 2. The van der Waals surface area contributed by atoms with Crippen molar-refractivity contribution < 1.29 is 18.7 Å². The SMILES string of the molecule is COCCCNC(=O)CN1CCN(C(=O)c2cnn(-c3ccc(F)cc3)c2C(C)C)CC1. The number of hydrogen-bond donors (Lipinski definition) is 1. The Morgan fingerprint density at radius 1 is 1.16 bits per heavy atom. The molecule has 1 aliphatic heterocycles. The average Bonchev–Trinajstić information content (AvgIpc) is 3.23. The van der Waals surface area contributed by atoms with Crippen molar-refractivity contribution in [3.63, 3.8) is 0 Å². The van der Waals surface area contributed by atoms with Gasteiger partial charge >= 0.3 is 0 Å². The van der Waals surface area contributed by atoms with Gasteiger partial charge in [0, 0.05) is 46.4 Å². The van der Waals surface area contributed by atoms with Gasteiger partial charge in [-0.1, -0.05) is 13.8 Å². The lowest BCUT2D eigenvalue weighted by Crippen LogP contribution is -2.51. The molecule has 0 atom stereocenters. The minimum absolute atomic E-state index is 0.0106. The van der Waals surface area contributed by atoms with Crippen molar-refractivity contribution in [2.45, 2.75) is 26.2 Å². The smallest absolute Gasteiger partial charge is 0.257 e. The predicted molar refractivity (Wildman–Crippen MR) is 119 cm³/mol. The van der Waals surface area contributed by atoms with E-state index in [1.54, 1.807) is 30.1 Å². The number of carbonyl (C=O) groups excluding carboxylic acids is 2. The number of rotatable bonds is 9. The van der Waals surface area contributed by atoms with Crippen LogP contribution in [-0.4, -0.2) is 84.4 Å². The highest BCUT2D eigenvalue weighted by atomic mass is 19.1. The molecule has 0 unspecified atom stereocenters. The van der Waals surface area contributed by atoms with Gasteiger partial charge in [0.1, 0.15) is 5.82 Å². The number of methoxy groups -OCH3 is 1. The summed E-state index contributed by atoms with van der Waals surface area (Å²) in [6.45, 7) is 7.95. The van der Waals surface area contributed by atoms with E-state index in [1.165, 1.54) is 12.1 Å². The lowest BCUT2D eigenvalue weighted by atomic mass is 10.0. The van der Waals surface area contributed by atoms with Crippen molar-refractivity contribution in [1.29, 1.82) is 0 Å². The van der Waals surface area contributed by atoms with Gasteiger partial charge in [-0.25, -0.2) is 9.07 Å². The maximum absolute atomic E-state index is 13.3. The zero-order chi connectivity index (χ0) is 23.1. The summed E-state index contributed by atoms with van der Waals surface area (Å²) in [5, 5.41) is 7.31. The van der Waals surface area contributed by atoms with E-state index in [9.17, 15) is 14.0 Å². The fourth-order valence-corrected chi connectivity index (χ4v) is 3.85. The average molecular weight is 446 g/mol. The topological polar surface area (TPSA) is 79.7 Å². The number of ether oxygens (including phenoxy) is 1. The van der Waals surface area contributed by atoms with Crippen molar-refractivity contribution in [2.75, 3.05) is 53.0 Å². The van der Waals surface area contributed by atoms with Crippen LogP contribution in [0.3, 0.4) is 0 Å². The summed E-state index contributed by atoms with van der Waals surface area (Å²) in [6, 6.07) is 6.08. The zero-order valence-electron chi connectivity index (χ0n) is 19.0. The van der Waals surface area contributed by atoms with E-state index in [0.29, 0.717) is 51.4 Å². The molecule has 0 aliphatic carbocycles. The van der Waals surface area contributed by atoms with Gasteiger partial charge in [0.05, 0.1) is 29.7 Å². The molecule has 0 bridgehead atoms. The van der Waals surface area contributed by atoms with E-state index in [2.05, 4.69) is 15.3 Å². The maximum Gasteiger partial charge on any atom is 0.257 e. The van der Waals surface area contributed by atoms with E-state index in [4.69, 9.17) is 4.74 Å². The Balaban J connectivity index is 1.60. The van der Waals surface area contributed by atoms with Crippen molar-refractivity contribution >= 4 is 11.8 Å². The zero-order valence-corrected chi connectivity index (χ0v) is 19.0. The molecule has 0 radical (unpaired) electrons. The Morgan fingerprint density at radius 2 is 1.84 bits per heavy atom. The van der Waals surface area contributed by atoms with E-state index in [-0.39, 0.29) is 23.5 Å². The second-order valence-electron chi connectivity index (χ2n) is 8.25. The van der Waals surface area contributed by atoms with Gasteiger partial charge in [-0.05, 0) is 36.6 Å². The summed E-state index contributed by atoms with van der Waals surface area (Å²) in [5.74, 6) is -0.330. The molecule has 0 saturated carbocycles. The minimum atomic E-state index is -0.315. The van der Waals surface area contributed by atoms with E-state index in [0.717, 1.165) is 17.8 Å². The fraction of sp³-hybridized carbons (Fsp3) is 0.522. The van der Waals surface area contributed by atoms with Crippen LogP contribution in [0.25, 0.3) is 5.69 Å². The lowest BCUT2D eigenvalue weighted by molar-refractivity contribution is -0.122.